The van der Waals surface area contributed by atoms with E-state index in [9.17, 15) is 13.2 Å². The van der Waals surface area contributed by atoms with Crippen LogP contribution in [0, 0.1) is 0 Å². The van der Waals surface area contributed by atoms with Crippen LogP contribution in [0.3, 0.4) is 0 Å². The fourth-order valence-electron chi connectivity index (χ4n) is 5.88. The molecule has 0 saturated carbocycles. The Morgan fingerprint density at radius 3 is 0.820 bits per heavy atom. The number of hydrogen-bond acceptors (Lipinski definition) is 11. The number of benzene rings is 8. The normalized spacial score (nSPS) is 10.8. The fourth-order valence-corrected chi connectivity index (χ4v) is 7.14. The van der Waals surface area contributed by atoms with Crippen LogP contribution in [0.1, 0.15) is 15.9 Å². The summed E-state index contributed by atoms with van der Waals surface area (Å²) >= 11 is 0. The first kappa shape index (κ1) is 41.0. The summed E-state index contributed by atoms with van der Waals surface area (Å²) < 4.78 is 48.8. The average molecular weight is 829 g/mol. The quantitative estimate of drug-likeness (QED) is 0.0676. The second-order valence-electron chi connectivity index (χ2n) is 13.5. The Kier molecular flexibility index (Phi) is 12.5. The average Bonchev–Trinajstić information content (AvgIpc) is 3.25. The number of rotatable bonds is 12. The Labute approximate surface area is 353 Å². The SMILES string of the molecule is Nc1cccc(Oc2ccc(C(=O)c3ccc(Oc4cccc(N)c4)cc3)cc2)c1.Nc1cccc(Oc2ccc(S(=O)(=O)c3ccc(Oc4cccc(N)c4)cc3)cc2)c1. The van der Waals surface area contributed by atoms with Crippen LogP contribution in [-0.2, 0) is 9.84 Å². The highest BCUT2D eigenvalue weighted by molar-refractivity contribution is 7.91. The number of ketones is 1. The summed E-state index contributed by atoms with van der Waals surface area (Å²) in [7, 11) is -3.68. The highest BCUT2D eigenvalue weighted by atomic mass is 32.2. The summed E-state index contributed by atoms with van der Waals surface area (Å²) in [4.78, 5) is 13.1. The maximum Gasteiger partial charge on any atom is 0.206 e. The van der Waals surface area contributed by atoms with Crippen molar-refractivity contribution in [1.82, 2.24) is 0 Å². The Hall–Kier alpha value is -8.22. The van der Waals surface area contributed by atoms with Crippen LogP contribution < -0.4 is 41.9 Å². The highest BCUT2D eigenvalue weighted by Crippen LogP contribution is 2.30. The maximum absolute atomic E-state index is 12.9. The molecule has 0 spiro atoms. The number of sulfone groups is 1. The van der Waals surface area contributed by atoms with Crippen LogP contribution >= 0.6 is 0 Å². The number of hydrogen-bond donors (Lipinski definition) is 4. The third-order valence-corrected chi connectivity index (χ3v) is 10.7. The molecule has 0 aromatic heterocycles. The maximum atomic E-state index is 12.9. The predicted molar refractivity (Wildman–Crippen MR) is 238 cm³/mol. The van der Waals surface area contributed by atoms with E-state index >= 15 is 0 Å². The van der Waals surface area contributed by atoms with Crippen LogP contribution in [0.4, 0.5) is 22.7 Å². The monoisotopic (exact) mass is 828 g/mol. The molecule has 0 heterocycles. The predicted octanol–water partition coefficient (Wildman–Crippen LogP) is 10.9. The lowest BCUT2D eigenvalue weighted by atomic mass is 10.0. The fraction of sp³-hybridized carbons (Fsp3) is 0. The first-order chi connectivity index (χ1) is 29.5. The summed E-state index contributed by atoms with van der Waals surface area (Å²) in [6.07, 6.45) is 0. The molecule has 0 fully saturated rings. The lowest BCUT2D eigenvalue weighted by Gasteiger charge is -2.10. The number of carbonyl (C=O) groups excluding carboxylic acids is 1. The zero-order valence-corrected chi connectivity index (χ0v) is 33.4. The number of nitrogen functional groups attached to an aromatic ring is 4. The van der Waals surface area contributed by atoms with Gasteiger partial charge in [0.05, 0.1) is 9.79 Å². The second-order valence-corrected chi connectivity index (χ2v) is 15.5. The lowest BCUT2D eigenvalue weighted by molar-refractivity contribution is 0.103. The summed E-state index contributed by atoms with van der Waals surface area (Å²) in [6.45, 7) is 0. The van der Waals surface area contributed by atoms with Gasteiger partial charge in [-0.05, 0) is 146 Å². The van der Waals surface area contributed by atoms with Crippen molar-refractivity contribution in [2.75, 3.05) is 22.9 Å². The molecule has 0 aliphatic rings. The summed E-state index contributed by atoms with van der Waals surface area (Å²) in [6, 6.07) is 54.8. The van der Waals surface area contributed by atoms with Crippen molar-refractivity contribution >= 4 is 38.4 Å². The molecule has 8 aromatic rings. The van der Waals surface area contributed by atoms with E-state index in [0.29, 0.717) is 79.9 Å². The lowest BCUT2D eigenvalue weighted by Crippen LogP contribution is -2.01. The minimum Gasteiger partial charge on any atom is -0.457 e. The van der Waals surface area contributed by atoms with Crippen molar-refractivity contribution in [3.63, 3.8) is 0 Å². The molecule has 0 bridgehead atoms. The molecule has 0 unspecified atom stereocenters. The zero-order valence-electron chi connectivity index (χ0n) is 32.6. The van der Waals surface area contributed by atoms with Crippen LogP contribution in [0.5, 0.6) is 46.0 Å². The largest absolute Gasteiger partial charge is 0.457 e. The summed E-state index contributed by atoms with van der Waals surface area (Å²) in [5.41, 5.74) is 26.6. The van der Waals surface area contributed by atoms with Gasteiger partial charge in [0.1, 0.15) is 46.0 Å². The minimum atomic E-state index is -3.68. The number of ether oxygens (including phenoxy) is 4. The van der Waals surface area contributed by atoms with Gasteiger partial charge in [-0.25, -0.2) is 8.42 Å². The Bertz CT molecular complexity index is 2680. The first-order valence-electron chi connectivity index (χ1n) is 18.8. The van der Waals surface area contributed by atoms with Gasteiger partial charge in [0, 0.05) is 58.1 Å². The summed E-state index contributed by atoms with van der Waals surface area (Å²) in [5, 5.41) is 0. The summed E-state index contributed by atoms with van der Waals surface area (Å²) in [5.74, 6) is 4.63. The van der Waals surface area contributed by atoms with E-state index in [1.165, 1.54) is 24.3 Å². The van der Waals surface area contributed by atoms with Crippen molar-refractivity contribution in [3.05, 3.63) is 205 Å². The van der Waals surface area contributed by atoms with E-state index in [0.717, 1.165) is 0 Å². The molecule has 0 saturated heterocycles. The van der Waals surface area contributed by atoms with E-state index in [1.54, 1.807) is 146 Å². The van der Waals surface area contributed by atoms with Gasteiger partial charge in [-0.1, -0.05) is 24.3 Å². The van der Waals surface area contributed by atoms with Gasteiger partial charge in [0.25, 0.3) is 0 Å². The Morgan fingerprint density at radius 1 is 0.328 bits per heavy atom. The van der Waals surface area contributed by atoms with Crippen molar-refractivity contribution in [2.24, 2.45) is 0 Å². The zero-order chi connectivity index (χ0) is 42.8. The smallest absolute Gasteiger partial charge is 0.206 e. The van der Waals surface area contributed by atoms with Gasteiger partial charge in [0.2, 0.25) is 9.84 Å². The third-order valence-electron chi connectivity index (χ3n) is 8.88. The molecule has 12 heteroatoms. The molecular formula is C49H40N4O7S. The molecular weight excluding hydrogens is 789 g/mol. The molecule has 0 atom stereocenters. The van der Waals surface area contributed by atoms with Crippen molar-refractivity contribution in [2.45, 2.75) is 9.79 Å². The molecule has 0 aliphatic carbocycles. The topological polar surface area (TPSA) is 192 Å². The Morgan fingerprint density at radius 2 is 0.574 bits per heavy atom. The molecule has 0 amide bonds. The molecule has 0 aliphatic heterocycles. The van der Waals surface area contributed by atoms with Gasteiger partial charge >= 0.3 is 0 Å². The molecule has 304 valence electrons. The van der Waals surface area contributed by atoms with Crippen LogP contribution in [-0.4, -0.2) is 14.2 Å². The van der Waals surface area contributed by atoms with Crippen molar-refractivity contribution in [1.29, 1.82) is 0 Å². The van der Waals surface area contributed by atoms with Gasteiger partial charge in [-0.2, -0.15) is 0 Å². The standard InChI is InChI=1S/C25H20N2O3.C24H20N2O4S/c26-19-3-1-5-23(15-19)29-21-11-7-17(8-12-21)25(28)18-9-13-22(14-10-18)30-24-6-2-4-20(27)16-24;25-17-3-1-5-21(15-17)29-19-7-11-23(12-8-19)31(27,28)24-13-9-20(10-14-24)30-22-6-2-4-18(26)16-22/h1-16H,26-27H2;1-16H,25-26H2. The number of anilines is 4. The molecule has 8 N–H and O–H groups in total. The number of nitrogens with two attached hydrogens (primary N) is 4. The molecule has 8 aromatic carbocycles. The minimum absolute atomic E-state index is 0.0824. The van der Waals surface area contributed by atoms with Gasteiger partial charge in [-0.3, -0.25) is 4.79 Å². The first-order valence-corrected chi connectivity index (χ1v) is 20.3. The Balaban J connectivity index is 0.000000184. The van der Waals surface area contributed by atoms with Crippen LogP contribution in [0.2, 0.25) is 0 Å². The molecule has 11 nitrogen and oxygen atoms in total. The second kappa shape index (κ2) is 18.6. The van der Waals surface area contributed by atoms with Gasteiger partial charge < -0.3 is 41.9 Å². The van der Waals surface area contributed by atoms with Crippen LogP contribution in [0.25, 0.3) is 0 Å². The number of carbonyl (C=O) groups is 1. The molecule has 61 heavy (non-hydrogen) atoms. The molecule has 0 radical (unpaired) electrons. The van der Waals surface area contributed by atoms with E-state index in [1.807, 2.05) is 24.3 Å². The van der Waals surface area contributed by atoms with Gasteiger partial charge in [-0.15, -0.1) is 0 Å². The van der Waals surface area contributed by atoms with Crippen molar-refractivity contribution in [3.8, 4) is 46.0 Å². The van der Waals surface area contributed by atoms with E-state index in [-0.39, 0.29) is 15.6 Å². The van der Waals surface area contributed by atoms with Gasteiger partial charge in [0.15, 0.2) is 5.78 Å². The molecule has 8 rings (SSSR count). The van der Waals surface area contributed by atoms with Crippen molar-refractivity contribution < 1.29 is 32.2 Å². The van der Waals surface area contributed by atoms with E-state index < -0.39 is 9.84 Å². The van der Waals surface area contributed by atoms with E-state index in [2.05, 4.69) is 0 Å². The highest BCUT2D eigenvalue weighted by Gasteiger charge is 2.18. The third kappa shape index (κ3) is 11.0. The van der Waals surface area contributed by atoms with E-state index in [4.69, 9.17) is 41.9 Å². The van der Waals surface area contributed by atoms with Crippen LogP contribution in [0.15, 0.2) is 204 Å².